The van der Waals surface area contributed by atoms with Crippen LogP contribution in [0.15, 0.2) is 27.9 Å². The molecular formula is C16H17N5OS3. The molecule has 0 saturated carbocycles. The lowest BCUT2D eigenvalue weighted by atomic mass is 10.1. The summed E-state index contributed by atoms with van der Waals surface area (Å²) in [6.07, 6.45) is 0. The zero-order valence-electron chi connectivity index (χ0n) is 14.0. The molecule has 1 aromatic carbocycles. The predicted octanol–water partition coefficient (Wildman–Crippen LogP) is 4.39. The average molecular weight is 392 g/mol. The Labute approximate surface area is 158 Å². The summed E-state index contributed by atoms with van der Waals surface area (Å²) in [6, 6.07) is 6.09. The van der Waals surface area contributed by atoms with Crippen LogP contribution in [0.1, 0.15) is 16.8 Å². The van der Waals surface area contributed by atoms with Gasteiger partial charge in [-0.15, -0.1) is 21.5 Å². The van der Waals surface area contributed by atoms with Crippen molar-refractivity contribution in [2.24, 2.45) is 0 Å². The lowest BCUT2D eigenvalue weighted by Crippen LogP contribution is -2.13. The Morgan fingerprint density at radius 3 is 2.80 bits per heavy atom. The summed E-state index contributed by atoms with van der Waals surface area (Å²) in [4.78, 5) is 16.2. The molecule has 3 rings (SSSR count). The second kappa shape index (κ2) is 7.94. The van der Waals surface area contributed by atoms with E-state index in [1.54, 1.807) is 0 Å². The van der Waals surface area contributed by atoms with Gasteiger partial charge in [0, 0.05) is 11.1 Å². The van der Waals surface area contributed by atoms with Gasteiger partial charge in [-0.3, -0.25) is 4.79 Å². The summed E-state index contributed by atoms with van der Waals surface area (Å²) in [5, 5.41) is 17.6. The van der Waals surface area contributed by atoms with Gasteiger partial charge in [0.05, 0.1) is 11.4 Å². The number of hydrogen-bond acceptors (Lipinski definition) is 8. The summed E-state index contributed by atoms with van der Waals surface area (Å²) in [6.45, 7) is 6.04. The van der Waals surface area contributed by atoms with Gasteiger partial charge in [-0.2, -0.15) is 0 Å². The summed E-state index contributed by atoms with van der Waals surface area (Å²) >= 11 is 4.21. The molecule has 2 aromatic heterocycles. The quantitative estimate of drug-likeness (QED) is 0.607. The van der Waals surface area contributed by atoms with Crippen molar-refractivity contribution in [2.45, 2.75) is 25.1 Å². The van der Waals surface area contributed by atoms with Crippen LogP contribution in [0.5, 0.6) is 0 Å². The zero-order valence-corrected chi connectivity index (χ0v) is 16.4. The van der Waals surface area contributed by atoms with Crippen molar-refractivity contribution < 1.29 is 4.79 Å². The first-order valence-corrected chi connectivity index (χ1v) is 10.2. The molecular weight excluding hydrogens is 374 g/mol. The van der Waals surface area contributed by atoms with Gasteiger partial charge >= 0.3 is 0 Å². The van der Waals surface area contributed by atoms with E-state index in [1.807, 2.05) is 24.4 Å². The molecule has 3 aromatic rings. The molecule has 0 fully saturated rings. The van der Waals surface area contributed by atoms with Gasteiger partial charge in [0.1, 0.15) is 0 Å². The van der Waals surface area contributed by atoms with Crippen molar-refractivity contribution in [1.29, 1.82) is 0 Å². The molecule has 0 aliphatic heterocycles. The number of thioether (sulfide) groups is 1. The molecule has 25 heavy (non-hydrogen) atoms. The number of carbonyl (C=O) groups is 1. The van der Waals surface area contributed by atoms with Crippen LogP contribution in [0.3, 0.4) is 0 Å². The van der Waals surface area contributed by atoms with E-state index in [4.69, 9.17) is 0 Å². The van der Waals surface area contributed by atoms with Gasteiger partial charge in [0.15, 0.2) is 9.47 Å². The molecule has 130 valence electrons. The molecule has 0 aliphatic rings. The van der Waals surface area contributed by atoms with Crippen LogP contribution in [-0.2, 0) is 4.79 Å². The van der Waals surface area contributed by atoms with Gasteiger partial charge in [-0.05, 0) is 38.0 Å². The highest BCUT2D eigenvalue weighted by Crippen LogP contribution is 2.29. The highest BCUT2D eigenvalue weighted by Gasteiger charge is 2.11. The number of aromatic nitrogens is 3. The highest BCUT2D eigenvalue weighted by molar-refractivity contribution is 8.01. The number of hydrogen-bond donors (Lipinski definition) is 2. The number of nitrogens with zero attached hydrogens (tertiary/aromatic N) is 3. The molecule has 0 bridgehead atoms. The topological polar surface area (TPSA) is 79.8 Å². The first-order valence-electron chi connectivity index (χ1n) is 7.53. The third-order valence-corrected chi connectivity index (χ3v) is 6.29. The smallest absolute Gasteiger partial charge is 0.236 e. The van der Waals surface area contributed by atoms with Crippen molar-refractivity contribution in [3.05, 3.63) is 40.4 Å². The number of aryl methyl sites for hydroxylation is 2. The van der Waals surface area contributed by atoms with Gasteiger partial charge in [0.25, 0.3) is 0 Å². The van der Waals surface area contributed by atoms with Crippen LogP contribution in [0.25, 0.3) is 0 Å². The van der Waals surface area contributed by atoms with E-state index in [9.17, 15) is 4.79 Å². The van der Waals surface area contributed by atoms with E-state index in [-0.39, 0.29) is 11.7 Å². The standard InChI is InChI=1S/C16H17N5OS3/c1-9-5-4-6-12(11(9)3)18-15-20-21-16(25-15)24-8-13(22)19-14-17-10(2)7-23-14/h4-7H,8H2,1-3H3,(H,18,20)(H,17,19,22). The van der Waals surface area contributed by atoms with Crippen molar-refractivity contribution >= 4 is 56.3 Å². The fourth-order valence-corrected chi connectivity index (χ4v) is 4.28. The van der Waals surface area contributed by atoms with Gasteiger partial charge in [-0.25, -0.2) is 4.98 Å². The molecule has 0 saturated heterocycles. The number of nitrogens with one attached hydrogen (secondary N) is 2. The number of rotatable bonds is 6. The Morgan fingerprint density at radius 2 is 2.04 bits per heavy atom. The summed E-state index contributed by atoms with van der Waals surface area (Å²) < 4.78 is 0.748. The van der Waals surface area contributed by atoms with E-state index in [2.05, 4.69) is 45.7 Å². The van der Waals surface area contributed by atoms with Crippen molar-refractivity contribution in [1.82, 2.24) is 15.2 Å². The highest BCUT2D eigenvalue weighted by atomic mass is 32.2. The summed E-state index contributed by atoms with van der Waals surface area (Å²) in [5.74, 6) is 0.176. The molecule has 0 aliphatic carbocycles. The molecule has 0 spiro atoms. The van der Waals surface area contributed by atoms with E-state index in [0.717, 1.165) is 15.7 Å². The van der Waals surface area contributed by atoms with Crippen molar-refractivity contribution in [3.63, 3.8) is 0 Å². The zero-order chi connectivity index (χ0) is 17.8. The third kappa shape index (κ3) is 4.77. The Hall–Kier alpha value is -1.97. The molecule has 6 nitrogen and oxygen atoms in total. The Bertz CT molecular complexity index is 890. The van der Waals surface area contributed by atoms with Crippen LogP contribution in [-0.4, -0.2) is 26.8 Å². The summed E-state index contributed by atoms with van der Waals surface area (Å²) in [5.41, 5.74) is 4.33. The van der Waals surface area contributed by atoms with E-state index >= 15 is 0 Å². The Morgan fingerprint density at radius 1 is 1.20 bits per heavy atom. The fourth-order valence-electron chi connectivity index (χ4n) is 2.01. The maximum absolute atomic E-state index is 12.0. The van der Waals surface area contributed by atoms with Gasteiger partial charge < -0.3 is 10.6 Å². The van der Waals surface area contributed by atoms with Crippen LogP contribution < -0.4 is 10.6 Å². The second-order valence-electron chi connectivity index (χ2n) is 5.38. The minimum absolute atomic E-state index is 0.0985. The van der Waals surface area contributed by atoms with E-state index in [1.165, 1.54) is 45.6 Å². The first kappa shape index (κ1) is 17.8. The monoisotopic (exact) mass is 391 g/mol. The number of thiazole rings is 1. The Balaban J connectivity index is 1.54. The normalized spacial score (nSPS) is 10.7. The molecule has 1 amide bonds. The van der Waals surface area contributed by atoms with E-state index < -0.39 is 0 Å². The van der Waals surface area contributed by atoms with Crippen LogP contribution >= 0.6 is 34.4 Å². The SMILES string of the molecule is Cc1csc(NC(=O)CSc2nnc(Nc3cccc(C)c3C)s2)n1. The minimum atomic E-state index is -0.0985. The predicted molar refractivity (Wildman–Crippen MR) is 105 cm³/mol. The van der Waals surface area contributed by atoms with Gasteiger partial charge in [0.2, 0.25) is 11.0 Å². The molecule has 0 radical (unpaired) electrons. The lowest BCUT2D eigenvalue weighted by molar-refractivity contribution is -0.113. The van der Waals surface area contributed by atoms with Crippen LogP contribution in [0, 0.1) is 20.8 Å². The largest absolute Gasteiger partial charge is 0.330 e. The maximum Gasteiger partial charge on any atom is 0.236 e. The van der Waals surface area contributed by atoms with Crippen LogP contribution in [0.2, 0.25) is 0 Å². The van der Waals surface area contributed by atoms with Crippen molar-refractivity contribution in [3.8, 4) is 0 Å². The molecule has 0 unspecified atom stereocenters. The second-order valence-corrected chi connectivity index (χ2v) is 8.43. The maximum atomic E-state index is 12.0. The number of amides is 1. The van der Waals surface area contributed by atoms with Crippen LogP contribution in [0.4, 0.5) is 16.0 Å². The minimum Gasteiger partial charge on any atom is -0.330 e. The molecule has 0 atom stereocenters. The molecule has 9 heteroatoms. The Kier molecular flexibility index (Phi) is 5.67. The van der Waals surface area contributed by atoms with E-state index in [0.29, 0.717) is 10.3 Å². The fraction of sp³-hybridized carbons (Fsp3) is 0.250. The lowest BCUT2D eigenvalue weighted by Gasteiger charge is -2.08. The first-order chi connectivity index (χ1) is 12.0. The number of anilines is 3. The molecule has 2 N–H and O–H groups in total. The van der Waals surface area contributed by atoms with Crippen molar-refractivity contribution in [2.75, 3.05) is 16.4 Å². The summed E-state index contributed by atoms with van der Waals surface area (Å²) in [7, 11) is 0. The number of carbonyl (C=O) groups excluding carboxylic acids is 1. The number of benzene rings is 1. The average Bonchev–Trinajstić information content (AvgIpc) is 3.19. The van der Waals surface area contributed by atoms with Gasteiger partial charge in [-0.1, -0.05) is 35.2 Å². The molecule has 2 heterocycles. The third-order valence-electron chi connectivity index (χ3n) is 3.44.